The van der Waals surface area contributed by atoms with Crippen molar-refractivity contribution in [2.45, 2.75) is 251 Å². The molecule has 6 aromatic heterocycles. The van der Waals surface area contributed by atoms with Gasteiger partial charge >= 0.3 is 242 Å². The summed E-state index contributed by atoms with van der Waals surface area (Å²) in [5.41, 5.74) is 20.7. The Bertz CT molecular complexity index is 5210. The van der Waals surface area contributed by atoms with Crippen molar-refractivity contribution in [1.82, 2.24) is 19.9 Å². The third-order valence-corrected chi connectivity index (χ3v) is 47.2. The molecule has 0 spiro atoms. The Hall–Kier alpha value is -5.16. The van der Waals surface area contributed by atoms with Crippen molar-refractivity contribution < 1.29 is 0 Å². The fraction of sp³-hybridized carbons (Fsp3) is 0.400. The van der Waals surface area contributed by atoms with Crippen LogP contribution in [-0.4, -0.2) is 56.7 Å². The van der Waals surface area contributed by atoms with Gasteiger partial charge in [0, 0.05) is 46.5 Å². The first-order valence-corrected chi connectivity index (χ1v) is 67.4. The summed E-state index contributed by atoms with van der Waals surface area (Å²) in [4.78, 5) is 39.2. The summed E-state index contributed by atoms with van der Waals surface area (Å²) >= 11 is 11.3. The second-order valence-electron chi connectivity index (χ2n) is 33.3. The number of fused-ring (bicyclic) bond motifs is 8. The predicted molar refractivity (Wildman–Crippen MR) is 513 cm³/mol. The molecular formula is C100H120Br2N4S4Sn2. The maximum atomic E-state index is 5.54. The Labute approximate surface area is 712 Å². The van der Waals surface area contributed by atoms with Crippen molar-refractivity contribution in [3.8, 4) is 55.5 Å². The first-order chi connectivity index (χ1) is 54.4. The van der Waals surface area contributed by atoms with E-state index in [2.05, 4.69) is 247 Å². The van der Waals surface area contributed by atoms with Crippen LogP contribution in [-0.2, 0) is 25.7 Å². The van der Waals surface area contributed by atoms with Gasteiger partial charge in [-0.15, -0.1) is 22.7 Å². The minimum Gasteiger partial charge on any atom is -0.244 e. The fourth-order valence-corrected chi connectivity index (χ4v) is 32.1. The Balaban J connectivity index is 0.000000168. The van der Waals surface area contributed by atoms with E-state index in [9.17, 15) is 0 Å². The number of hydrogen-bond acceptors (Lipinski definition) is 8. The van der Waals surface area contributed by atoms with Gasteiger partial charge in [0.2, 0.25) is 0 Å². The Kier molecular flexibility index (Phi) is 32.2. The van der Waals surface area contributed by atoms with Crippen LogP contribution in [0.15, 0.2) is 179 Å². The van der Waals surface area contributed by atoms with Crippen molar-refractivity contribution in [1.29, 1.82) is 0 Å². The van der Waals surface area contributed by atoms with Gasteiger partial charge in [0.25, 0.3) is 0 Å². The molecule has 4 nitrogen and oxygen atoms in total. The van der Waals surface area contributed by atoms with Gasteiger partial charge in [0.05, 0.1) is 43.2 Å². The zero-order chi connectivity index (χ0) is 78.7. The van der Waals surface area contributed by atoms with E-state index < -0.39 is 36.8 Å². The molecule has 0 aliphatic heterocycles. The summed E-state index contributed by atoms with van der Waals surface area (Å²) < 4.78 is 11.7. The molecule has 0 radical (unpaired) electrons. The number of aryl methyl sites for hydroxylation is 6. The maximum Gasteiger partial charge on any atom is 0.0984 e. The third kappa shape index (κ3) is 21.6. The molecule has 0 amide bonds. The van der Waals surface area contributed by atoms with E-state index in [1.54, 1.807) is 48.2 Å². The van der Waals surface area contributed by atoms with E-state index in [1.165, 1.54) is 215 Å². The third-order valence-electron chi connectivity index (χ3n) is 22.3. The molecule has 586 valence electrons. The second kappa shape index (κ2) is 41.8. The number of benzene rings is 8. The van der Waals surface area contributed by atoms with E-state index in [0.717, 1.165) is 81.6 Å². The first-order valence-electron chi connectivity index (χ1n) is 42.6. The minimum atomic E-state index is -2.13. The molecule has 0 atom stereocenters. The molecule has 8 aromatic carbocycles. The van der Waals surface area contributed by atoms with Crippen molar-refractivity contribution >= 4 is 182 Å². The molecule has 0 N–H and O–H groups in total. The molecular weight excluding hydrogens is 1780 g/mol. The number of aromatic nitrogens is 4. The summed E-state index contributed by atoms with van der Waals surface area (Å²) in [5.74, 6) is 0. The molecule has 14 aromatic rings. The number of rotatable bonds is 35. The van der Waals surface area contributed by atoms with Gasteiger partial charge in [-0.2, -0.15) is 0 Å². The number of thiophene rings is 4. The Morgan fingerprint density at radius 1 is 0.295 bits per heavy atom. The molecule has 12 heteroatoms. The van der Waals surface area contributed by atoms with Crippen LogP contribution in [0.5, 0.6) is 0 Å². The molecule has 6 heterocycles. The van der Waals surface area contributed by atoms with Gasteiger partial charge in [-0.05, 0) is 123 Å². The van der Waals surface area contributed by atoms with Gasteiger partial charge in [-0.25, -0.2) is 19.9 Å². The summed E-state index contributed by atoms with van der Waals surface area (Å²) in [6, 6.07) is 60.4. The molecule has 14 rings (SSSR count). The first kappa shape index (κ1) is 86.2. The van der Waals surface area contributed by atoms with Gasteiger partial charge in [0.1, 0.15) is 11.0 Å². The van der Waals surface area contributed by atoms with Gasteiger partial charge in [-0.3, -0.25) is 0 Å². The average molecular weight is 1900 g/mol. The van der Waals surface area contributed by atoms with Crippen molar-refractivity contribution in [3.05, 3.63) is 211 Å². The topological polar surface area (TPSA) is 51.6 Å². The zero-order valence-corrected chi connectivity index (χ0v) is 81.3. The fourth-order valence-electron chi connectivity index (χ4n) is 16.0. The molecule has 0 saturated carbocycles. The minimum absolute atomic E-state index is 0.850. The van der Waals surface area contributed by atoms with Crippen LogP contribution < -0.4 is 5.79 Å². The SMILES string of the molecule is Brc1ccc(Br)c2nc(-c3ccccc3)c(-c3ccccc3)nc12.CCCCCCCCc1c(CCCCCCCC)c2c[c]([Sn]([CH3])([CH3])[CH3])sc2c2s[c]([Sn]([CH3])([CH3])[CH3])cc12.CCCCCCCCc1c(CCCCCCCC)c2cc(-c3ccc(C)c4nc(-c5ccccc5)c(-c5ccccc5)nc34)sc2c2sc(C)cc12. The molecule has 0 aliphatic rings. The van der Waals surface area contributed by atoms with Crippen LogP contribution >= 0.6 is 77.2 Å². The Morgan fingerprint density at radius 3 is 0.938 bits per heavy atom. The average Bonchev–Trinajstić information content (AvgIpc) is 1.54. The zero-order valence-electron chi connectivity index (χ0n) is 69.1. The number of hydrogen-bond donors (Lipinski definition) is 0. The molecule has 0 bridgehead atoms. The summed E-state index contributed by atoms with van der Waals surface area (Å²) in [7, 11) is 0. The summed E-state index contributed by atoms with van der Waals surface area (Å²) in [6.07, 6.45) is 37.6. The predicted octanol–water partition coefficient (Wildman–Crippen LogP) is 33.0. The van der Waals surface area contributed by atoms with Crippen LogP contribution in [0.1, 0.15) is 214 Å². The summed E-state index contributed by atoms with van der Waals surface area (Å²) in [5, 5.41) is 6.34. The molecule has 0 aliphatic carbocycles. The number of unbranched alkanes of at least 4 members (excludes halogenated alkanes) is 20. The smallest absolute Gasteiger partial charge is 0.0984 e. The van der Waals surface area contributed by atoms with Crippen molar-refractivity contribution in [2.75, 3.05) is 0 Å². The monoisotopic (exact) mass is 1900 g/mol. The van der Waals surface area contributed by atoms with E-state index in [-0.39, 0.29) is 0 Å². The maximum absolute atomic E-state index is 5.54. The molecule has 0 fully saturated rings. The van der Waals surface area contributed by atoms with E-state index in [0.29, 0.717) is 0 Å². The van der Waals surface area contributed by atoms with Gasteiger partial charge < -0.3 is 0 Å². The molecule has 112 heavy (non-hydrogen) atoms. The van der Waals surface area contributed by atoms with E-state index in [1.807, 2.05) is 71.2 Å². The second-order valence-corrected chi connectivity index (χ2v) is 70.3. The van der Waals surface area contributed by atoms with Gasteiger partial charge in [-0.1, -0.05) is 212 Å². The van der Waals surface area contributed by atoms with Crippen LogP contribution in [0, 0.1) is 13.8 Å². The normalized spacial score (nSPS) is 11.9. The molecule has 0 unspecified atom stereocenters. The van der Waals surface area contributed by atoms with Crippen LogP contribution in [0.2, 0.25) is 29.6 Å². The van der Waals surface area contributed by atoms with Crippen molar-refractivity contribution in [2.24, 2.45) is 0 Å². The van der Waals surface area contributed by atoms with Crippen LogP contribution in [0.25, 0.3) is 118 Å². The quantitative estimate of drug-likeness (QED) is 0.0293. The van der Waals surface area contributed by atoms with Gasteiger partial charge in [0.15, 0.2) is 0 Å². The number of halogens is 2. The van der Waals surface area contributed by atoms with Crippen LogP contribution in [0.4, 0.5) is 0 Å². The van der Waals surface area contributed by atoms with E-state index >= 15 is 0 Å². The molecule has 0 saturated heterocycles. The standard InChI is InChI=1S/C48H54N2S2.C26H36S2.C20H12Br2N2.6CH3.2Sn/c1-5-7-9-11-13-21-27-37-38(28-22-14-12-10-8-6-2)41-32-42(52-48(41)47-40(37)31-34(4)51-47)39-30-29-33(3)43-46(39)50-45(36-25-19-16-20-26-36)44(49-43)35-23-17-15-18-24-35;1-3-5-7-9-11-13-15-21-22(16-14-12-10-8-6-4-2)24-18-20-28-26(24)25-23(21)17-19-27-25;21-15-11-12-16(22)20-19(15)23-17(13-7-3-1-4-8-13)18(24-20)14-9-5-2-6-10-14;;;;;;;;/h15-20,23-26,29-32H,5-14,21-22,27-28H2,1-4H3;17-18H,3-16H2,1-2H3;1-12H;6*1H3;;. The number of nitrogens with zero attached hydrogens (tertiary/aromatic N) is 4. The van der Waals surface area contributed by atoms with Crippen molar-refractivity contribution in [3.63, 3.8) is 0 Å². The Morgan fingerprint density at radius 2 is 0.589 bits per heavy atom. The van der Waals surface area contributed by atoms with E-state index in [4.69, 9.17) is 19.9 Å². The van der Waals surface area contributed by atoms with Crippen LogP contribution in [0.3, 0.4) is 0 Å². The largest absolute Gasteiger partial charge is 0.244 e. The summed E-state index contributed by atoms with van der Waals surface area (Å²) in [6.45, 7) is 13.7.